The van der Waals surface area contributed by atoms with Gasteiger partial charge in [-0.05, 0) is 55.5 Å². The lowest BCUT2D eigenvalue weighted by Crippen LogP contribution is -2.59. The van der Waals surface area contributed by atoms with Crippen LogP contribution in [0.15, 0.2) is 72.9 Å². The van der Waals surface area contributed by atoms with E-state index in [0.717, 1.165) is 5.56 Å². The fourth-order valence-electron chi connectivity index (χ4n) is 5.12. The Hall–Kier alpha value is -4.11. The summed E-state index contributed by atoms with van der Waals surface area (Å²) in [6.07, 6.45) is 2.35. The summed E-state index contributed by atoms with van der Waals surface area (Å²) in [5.74, 6) is -1.23. The molecule has 2 aliphatic rings. The normalized spacial score (nSPS) is 18.4. The Morgan fingerprint density at radius 2 is 1.76 bits per heavy atom. The highest BCUT2D eigenvalue weighted by Gasteiger charge is 2.54. The smallest absolute Gasteiger partial charge is 0.256 e. The number of benzene rings is 2. The summed E-state index contributed by atoms with van der Waals surface area (Å²) >= 11 is 0. The molecule has 3 amide bonds. The quantitative estimate of drug-likeness (QED) is 0.562. The summed E-state index contributed by atoms with van der Waals surface area (Å²) in [5.41, 5.74) is 1.49. The van der Waals surface area contributed by atoms with Gasteiger partial charge in [0.1, 0.15) is 17.6 Å². The number of nitrogens with zero attached hydrogens (tertiary/aromatic N) is 3. The Morgan fingerprint density at radius 3 is 2.45 bits per heavy atom. The number of aromatic nitrogens is 1. The minimum Gasteiger partial charge on any atom is -0.353 e. The predicted molar refractivity (Wildman–Crippen MR) is 137 cm³/mol. The lowest BCUT2D eigenvalue weighted by atomic mass is 9.95. The van der Waals surface area contributed by atoms with Gasteiger partial charge >= 0.3 is 0 Å². The van der Waals surface area contributed by atoms with E-state index < -0.39 is 17.6 Å². The van der Waals surface area contributed by atoms with Gasteiger partial charge in [-0.15, -0.1) is 0 Å². The standard InChI is InChI=1S/C29H29FN4O4/c1-20-5-4-6-22(17-20)28(37)34-25(26(35)32-18-24-7-2-3-14-31-24)19-38-29(34)12-15-33(16-13-29)27(36)21-8-10-23(30)11-9-21/h2-11,14,17,25H,12-13,15-16,18-19H2,1H3,(H,32,35). The maximum Gasteiger partial charge on any atom is 0.256 e. The van der Waals surface area contributed by atoms with Gasteiger partial charge in [0, 0.05) is 43.3 Å². The van der Waals surface area contributed by atoms with Gasteiger partial charge in [-0.25, -0.2) is 4.39 Å². The molecule has 0 saturated carbocycles. The Balaban J connectivity index is 1.36. The molecule has 8 nitrogen and oxygen atoms in total. The first-order chi connectivity index (χ1) is 18.4. The van der Waals surface area contributed by atoms with Crippen molar-refractivity contribution >= 4 is 17.7 Å². The maximum absolute atomic E-state index is 13.9. The van der Waals surface area contributed by atoms with Crippen LogP contribution in [0.25, 0.3) is 0 Å². The molecule has 1 atom stereocenters. The molecule has 3 aromatic rings. The van der Waals surface area contributed by atoms with Crippen LogP contribution in [0.3, 0.4) is 0 Å². The topological polar surface area (TPSA) is 91.8 Å². The molecule has 1 unspecified atom stereocenters. The van der Waals surface area contributed by atoms with Crippen molar-refractivity contribution in [1.29, 1.82) is 0 Å². The summed E-state index contributed by atoms with van der Waals surface area (Å²) in [6, 6.07) is 17.3. The van der Waals surface area contributed by atoms with Crippen molar-refractivity contribution in [2.24, 2.45) is 0 Å². The van der Waals surface area contributed by atoms with Crippen molar-refractivity contribution < 1.29 is 23.5 Å². The molecule has 0 bridgehead atoms. The second-order valence-corrected chi connectivity index (χ2v) is 9.66. The largest absolute Gasteiger partial charge is 0.353 e. The van der Waals surface area contributed by atoms with Crippen molar-refractivity contribution in [2.75, 3.05) is 19.7 Å². The molecule has 9 heteroatoms. The molecule has 2 aliphatic heterocycles. The number of carbonyl (C=O) groups is 3. The van der Waals surface area contributed by atoms with Crippen molar-refractivity contribution in [2.45, 2.75) is 38.1 Å². The van der Waals surface area contributed by atoms with Gasteiger partial charge in [0.25, 0.3) is 11.8 Å². The number of hydrogen-bond acceptors (Lipinski definition) is 5. The van der Waals surface area contributed by atoms with Crippen LogP contribution in [-0.2, 0) is 16.1 Å². The van der Waals surface area contributed by atoms with Crippen molar-refractivity contribution in [1.82, 2.24) is 20.1 Å². The van der Waals surface area contributed by atoms with Crippen LogP contribution in [0.1, 0.15) is 44.8 Å². The highest BCUT2D eigenvalue weighted by Crippen LogP contribution is 2.39. The third kappa shape index (κ3) is 5.15. The van der Waals surface area contributed by atoms with Crippen LogP contribution in [0.4, 0.5) is 4.39 Å². The molecule has 0 radical (unpaired) electrons. The summed E-state index contributed by atoms with van der Waals surface area (Å²) in [7, 11) is 0. The van der Waals surface area contributed by atoms with Gasteiger partial charge in [0.2, 0.25) is 5.91 Å². The Kier molecular flexibility index (Phi) is 7.20. The third-order valence-electron chi connectivity index (χ3n) is 7.14. The van der Waals surface area contributed by atoms with Crippen molar-refractivity contribution in [3.8, 4) is 0 Å². The molecule has 2 fully saturated rings. The zero-order valence-electron chi connectivity index (χ0n) is 21.1. The number of amides is 3. The first-order valence-corrected chi connectivity index (χ1v) is 12.6. The number of rotatable bonds is 5. The van der Waals surface area contributed by atoms with E-state index in [1.165, 1.54) is 24.3 Å². The summed E-state index contributed by atoms with van der Waals surface area (Å²) < 4.78 is 19.6. The third-order valence-corrected chi connectivity index (χ3v) is 7.14. The number of halogens is 1. The second kappa shape index (κ2) is 10.7. The molecule has 2 saturated heterocycles. The van der Waals surface area contributed by atoms with Gasteiger partial charge in [-0.3, -0.25) is 24.3 Å². The van der Waals surface area contributed by atoms with E-state index in [1.54, 1.807) is 34.2 Å². The van der Waals surface area contributed by atoms with E-state index >= 15 is 0 Å². The first kappa shape index (κ1) is 25.5. The molecule has 1 N–H and O–H groups in total. The number of pyridine rings is 1. The molecule has 1 spiro atoms. The zero-order chi connectivity index (χ0) is 26.7. The molecule has 38 heavy (non-hydrogen) atoms. The SMILES string of the molecule is Cc1cccc(C(=O)N2C(C(=O)NCc3ccccn3)COC23CCN(C(=O)c2ccc(F)cc2)CC3)c1. The van der Waals surface area contributed by atoms with Crippen LogP contribution in [0.5, 0.6) is 0 Å². The average molecular weight is 517 g/mol. The highest BCUT2D eigenvalue weighted by molar-refractivity contribution is 5.99. The molecule has 2 aromatic carbocycles. The van der Waals surface area contributed by atoms with Crippen LogP contribution >= 0.6 is 0 Å². The average Bonchev–Trinajstić information content (AvgIpc) is 3.30. The molecule has 196 valence electrons. The van der Waals surface area contributed by atoms with Crippen molar-refractivity contribution in [3.05, 3.63) is 101 Å². The van der Waals surface area contributed by atoms with Crippen LogP contribution in [0, 0.1) is 12.7 Å². The highest BCUT2D eigenvalue weighted by atomic mass is 19.1. The van der Waals surface area contributed by atoms with E-state index in [0.29, 0.717) is 42.8 Å². The molecule has 0 aliphatic carbocycles. The van der Waals surface area contributed by atoms with Crippen molar-refractivity contribution in [3.63, 3.8) is 0 Å². The molecule has 3 heterocycles. The fourth-order valence-corrected chi connectivity index (χ4v) is 5.12. The van der Waals surface area contributed by atoms with Gasteiger partial charge in [-0.2, -0.15) is 0 Å². The first-order valence-electron chi connectivity index (χ1n) is 12.6. The minimum absolute atomic E-state index is 0.0531. The Labute approximate surface area is 220 Å². The monoisotopic (exact) mass is 516 g/mol. The van der Waals surface area contributed by atoms with Crippen LogP contribution in [0.2, 0.25) is 0 Å². The minimum atomic E-state index is -1.02. The number of likely N-dealkylation sites (tertiary alicyclic amines) is 1. The number of ether oxygens (including phenoxy) is 1. The molecule has 5 rings (SSSR count). The summed E-state index contributed by atoms with van der Waals surface area (Å²) in [6.45, 7) is 2.85. The van der Waals surface area contributed by atoms with E-state index in [9.17, 15) is 18.8 Å². The number of nitrogens with one attached hydrogen (secondary N) is 1. The molecular formula is C29H29FN4O4. The number of hydrogen-bond donors (Lipinski definition) is 1. The van der Waals surface area contributed by atoms with Gasteiger partial charge < -0.3 is 15.0 Å². The van der Waals surface area contributed by atoms with Crippen LogP contribution < -0.4 is 5.32 Å². The number of carbonyl (C=O) groups excluding carboxylic acids is 3. The van der Waals surface area contributed by atoms with E-state index in [4.69, 9.17) is 4.74 Å². The number of aryl methyl sites for hydroxylation is 1. The lowest BCUT2D eigenvalue weighted by Gasteiger charge is -2.44. The van der Waals surface area contributed by atoms with Gasteiger partial charge in [0.15, 0.2) is 0 Å². The van der Waals surface area contributed by atoms with E-state index in [-0.39, 0.29) is 30.9 Å². The Morgan fingerprint density at radius 1 is 1.00 bits per heavy atom. The lowest BCUT2D eigenvalue weighted by molar-refractivity contribution is -0.128. The fraction of sp³-hybridized carbons (Fsp3) is 0.310. The van der Waals surface area contributed by atoms with E-state index in [1.807, 2.05) is 31.2 Å². The van der Waals surface area contributed by atoms with Crippen LogP contribution in [-0.4, -0.2) is 64.0 Å². The summed E-state index contributed by atoms with van der Waals surface area (Å²) in [4.78, 5) is 47.7. The summed E-state index contributed by atoms with van der Waals surface area (Å²) in [5, 5.41) is 2.89. The van der Waals surface area contributed by atoms with Gasteiger partial charge in [0.05, 0.1) is 18.8 Å². The van der Waals surface area contributed by atoms with Gasteiger partial charge in [-0.1, -0.05) is 23.8 Å². The molecular weight excluding hydrogens is 487 g/mol. The van der Waals surface area contributed by atoms with E-state index in [2.05, 4.69) is 10.3 Å². The predicted octanol–water partition coefficient (Wildman–Crippen LogP) is 3.32. The zero-order valence-corrected chi connectivity index (χ0v) is 21.1. The molecule has 1 aromatic heterocycles. The second-order valence-electron chi connectivity index (χ2n) is 9.66. The number of piperidine rings is 1. The maximum atomic E-state index is 13.9. The Bertz CT molecular complexity index is 1320.